The van der Waals surface area contributed by atoms with Gasteiger partial charge < -0.3 is 15.8 Å². The lowest BCUT2D eigenvalue weighted by Gasteiger charge is -2.57. The Morgan fingerprint density at radius 3 is 2.79 bits per heavy atom. The van der Waals surface area contributed by atoms with Gasteiger partial charge in [-0.25, -0.2) is 19.3 Å². The molecule has 29 heavy (non-hydrogen) atoms. The first-order valence-electron chi connectivity index (χ1n) is 9.60. The molecule has 1 aromatic carbocycles. The van der Waals surface area contributed by atoms with Crippen LogP contribution in [0.5, 0.6) is 5.88 Å². The molecule has 2 saturated carbocycles. The van der Waals surface area contributed by atoms with E-state index < -0.39 is 5.91 Å². The number of benzene rings is 1. The largest absolute Gasteiger partial charge is 0.474 e. The van der Waals surface area contributed by atoms with Crippen molar-refractivity contribution in [1.29, 1.82) is 0 Å². The summed E-state index contributed by atoms with van der Waals surface area (Å²) in [6.45, 7) is 0. The summed E-state index contributed by atoms with van der Waals surface area (Å²) in [7, 11) is 0. The van der Waals surface area contributed by atoms with Crippen molar-refractivity contribution >= 4 is 22.6 Å². The fourth-order valence-electron chi connectivity index (χ4n) is 4.58. The molecule has 1 amide bonds. The molecule has 5 rings (SSSR count). The molecule has 2 aliphatic rings. The Morgan fingerprint density at radius 2 is 2.00 bits per heavy atom. The average molecular weight is 393 g/mol. The van der Waals surface area contributed by atoms with Crippen LogP contribution < -0.4 is 15.8 Å². The number of hydrogen-bond donors (Lipinski definition) is 2. The van der Waals surface area contributed by atoms with Gasteiger partial charge in [0.05, 0.1) is 5.52 Å². The van der Waals surface area contributed by atoms with Crippen molar-refractivity contribution in [2.45, 2.75) is 37.8 Å². The first kappa shape index (κ1) is 17.8. The molecular weight excluding hydrogens is 373 g/mol. The highest BCUT2D eigenvalue weighted by Crippen LogP contribution is 2.57. The van der Waals surface area contributed by atoms with Gasteiger partial charge >= 0.3 is 0 Å². The fraction of sp³-hybridized carbons (Fsp3) is 0.333. The summed E-state index contributed by atoms with van der Waals surface area (Å²) >= 11 is 0. The lowest BCUT2D eigenvalue weighted by molar-refractivity contribution is -0.0759. The topological polar surface area (TPSA) is 103 Å². The molecule has 2 aromatic heterocycles. The van der Waals surface area contributed by atoms with E-state index in [9.17, 15) is 9.18 Å². The summed E-state index contributed by atoms with van der Waals surface area (Å²) in [5.74, 6) is 0.136. The highest BCUT2D eigenvalue weighted by Gasteiger charge is 2.54. The van der Waals surface area contributed by atoms with Crippen LogP contribution in [0.25, 0.3) is 10.9 Å². The SMILES string of the molecule is NC(=O)c1cccnc1OC1CC2(CC(Nc3ncnc4ccc(F)cc34)C2)C1. The van der Waals surface area contributed by atoms with Crippen LogP contribution in [0.15, 0.2) is 42.9 Å². The molecule has 0 bridgehead atoms. The van der Waals surface area contributed by atoms with E-state index in [2.05, 4.69) is 20.3 Å². The van der Waals surface area contributed by atoms with Crippen LogP contribution in [-0.4, -0.2) is 33.0 Å². The number of primary amides is 1. The molecule has 7 nitrogen and oxygen atoms in total. The Kier molecular flexibility index (Phi) is 4.08. The smallest absolute Gasteiger partial charge is 0.254 e. The number of nitrogens with zero attached hydrogens (tertiary/aromatic N) is 3. The van der Waals surface area contributed by atoms with Gasteiger partial charge in [-0.1, -0.05) is 0 Å². The van der Waals surface area contributed by atoms with Crippen molar-refractivity contribution in [3.63, 3.8) is 0 Å². The predicted octanol–water partition coefficient (Wildman–Crippen LogP) is 3.06. The third kappa shape index (κ3) is 3.24. The second-order valence-corrected chi connectivity index (χ2v) is 8.00. The molecule has 0 aliphatic heterocycles. The molecule has 1 spiro atoms. The monoisotopic (exact) mass is 393 g/mol. The van der Waals surface area contributed by atoms with Crippen LogP contribution in [0.4, 0.5) is 10.2 Å². The minimum absolute atomic E-state index is 0.0397. The van der Waals surface area contributed by atoms with Crippen LogP contribution >= 0.6 is 0 Å². The third-order valence-corrected chi connectivity index (χ3v) is 5.93. The summed E-state index contributed by atoms with van der Waals surface area (Å²) in [5.41, 5.74) is 6.66. The number of nitrogens with two attached hydrogens (primary N) is 1. The minimum atomic E-state index is -0.538. The number of anilines is 1. The van der Waals surface area contributed by atoms with E-state index in [1.165, 1.54) is 18.5 Å². The zero-order valence-electron chi connectivity index (χ0n) is 15.6. The van der Waals surface area contributed by atoms with E-state index in [0.717, 1.165) is 31.2 Å². The van der Waals surface area contributed by atoms with Crippen molar-refractivity contribution in [2.24, 2.45) is 11.1 Å². The van der Waals surface area contributed by atoms with Crippen LogP contribution in [0, 0.1) is 11.2 Å². The summed E-state index contributed by atoms with van der Waals surface area (Å²) in [6, 6.07) is 8.09. The first-order valence-corrected chi connectivity index (χ1v) is 9.60. The number of carbonyl (C=O) groups excluding carboxylic acids is 1. The maximum Gasteiger partial charge on any atom is 0.254 e. The number of pyridine rings is 1. The van der Waals surface area contributed by atoms with Gasteiger partial charge in [0.1, 0.15) is 29.6 Å². The zero-order valence-corrected chi connectivity index (χ0v) is 15.6. The van der Waals surface area contributed by atoms with Crippen LogP contribution in [0.2, 0.25) is 0 Å². The molecule has 0 saturated heterocycles. The van der Waals surface area contributed by atoms with E-state index in [0.29, 0.717) is 22.6 Å². The van der Waals surface area contributed by atoms with Crippen molar-refractivity contribution in [3.8, 4) is 5.88 Å². The van der Waals surface area contributed by atoms with Gasteiger partial charge in [-0.3, -0.25) is 4.79 Å². The maximum atomic E-state index is 13.6. The van der Waals surface area contributed by atoms with E-state index in [-0.39, 0.29) is 23.4 Å². The first-order chi connectivity index (χ1) is 14.0. The van der Waals surface area contributed by atoms with E-state index in [1.807, 2.05) is 0 Å². The zero-order chi connectivity index (χ0) is 20.0. The molecule has 3 aromatic rings. The molecule has 0 radical (unpaired) electrons. The Bertz CT molecular complexity index is 1090. The number of rotatable bonds is 5. The third-order valence-electron chi connectivity index (χ3n) is 5.93. The second kappa shape index (κ2) is 6.65. The van der Waals surface area contributed by atoms with E-state index >= 15 is 0 Å². The number of fused-ring (bicyclic) bond motifs is 1. The minimum Gasteiger partial charge on any atom is -0.474 e. The van der Waals surface area contributed by atoms with E-state index in [4.69, 9.17) is 10.5 Å². The summed E-state index contributed by atoms with van der Waals surface area (Å²) in [4.78, 5) is 24.1. The molecule has 0 atom stereocenters. The van der Waals surface area contributed by atoms with Gasteiger partial charge in [0, 0.05) is 17.6 Å². The number of carbonyl (C=O) groups is 1. The van der Waals surface area contributed by atoms with Crippen LogP contribution in [-0.2, 0) is 0 Å². The molecule has 2 fully saturated rings. The molecule has 3 N–H and O–H groups in total. The molecule has 2 aliphatic carbocycles. The number of nitrogens with one attached hydrogen (secondary N) is 1. The maximum absolute atomic E-state index is 13.6. The van der Waals surface area contributed by atoms with Gasteiger partial charge in [-0.15, -0.1) is 0 Å². The molecule has 2 heterocycles. The lowest BCUT2D eigenvalue weighted by Crippen LogP contribution is -2.56. The Morgan fingerprint density at radius 1 is 1.17 bits per heavy atom. The highest BCUT2D eigenvalue weighted by atomic mass is 19.1. The molecule has 148 valence electrons. The van der Waals surface area contributed by atoms with Crippen molar-refractivity contribution < 1.29 is 13.9 Å². The van der Waals surface area contributed by atoms with Gasteiger partial charge in [0.15, 0.2) is 0 Å². The summed E-state index contributed by atoms with van der Waals surface area (Å²) < 4.78 is 19.5. The fourth-order valence-corrected chi connectivity index (χ4v) is 4.58. The molecular formula is C21H20FN5O2. The Hall–Kier alpha value is -3.29. The molecule has 0 unspecified atom stereocenters. The number of aromatic nitrogens is 3. The van der Waals surface area contributed by atoms with Gasteiger partial charge in [0.2, 0.25) is 5.88 Å². The Labute approximate surface area is 166 Å². The predicted molar refractivity (Wildman–Crippen MR) is 105 cm³/mol. The van der Waals surface area contributed by atoms with Gasteiger partial charge in [-0.05, 0) is 61.4 Å². The van der Waals surface area contributed by atoms with Gasteiger partial charge in [0.25, 0.3) is 5.91 Å². The number of hydrogen-bond acceptors (Lipinski definition) is 6. The van der Waals surface area contributed by atoms with Gasteiger partial charge in [-0.2, -0.15) is 0 Å². The van der Waals surface area contributed by atoms with Crippen molar-refractivity contribution in [1.82, 2.24) is 15.0 Å². The average Bonchev–Trinajstić information content (AvgIpc) is 2.65. The number of halogens is 1. The van der Waals surface area contributed by atoms with Crippen molar-refractivity contribution in [3.05, 3.63) is 54.2 Å². The number of ether oxygens (including phenoxy) is 1. The molecule has 8 heteroatoms. The normalized spacial score (nSPS) is 25.3. The number of amides is 1. The second-order valence-electron chi connectivity index (χ2n) is 8.00. The quantitative estimate of drug-likeness (QED) is 0.691. The summed E-state index contributed by atoms with van der Waals surface area (Å²) in [6.07, 6.45) is 6.95. The standard InChI is InChI=1S/C21H20FN5O2/c22-12-3-4-17-16(6-12)19(26-11-25-17)27-13-7-21(8-13)9-14(10-21)29-20-15(18(23)28)2-1-5-24-20/h1-6,11,13-14H,7-10H2,(H2,23,28)(H,25,26,27). The van der Waals surface area contributed by atoms with E-state index in [1.54, 1.807) is 24.4 Å². The lowest BCUT2D eigenvalue weighted by atomic mass is 9.53. The summed E-state index contributed by atoms with van der Waals surface area (Å²) in [5, 5.41) is 4.12. The van der Waals surface area contributed by atoms with Crippen molar-refractivity contribution in [2.75, 3.05) is 5.32 Å². The van der Waals surface area contributed by atoms with Crippen LogP contribution in [0.1, 0.15) is 36.0 Å². The van der Waals surface area contributed by atoms with Crippen LogP contribution in [0.3, 0.4) is 0 Å². The highest BCUT2D eigenvalue weighted by molar-refractivity contribution is 5.95. The Balaban J connectivity index is 1.19.